The van der Waals surface area contributed by atoms with E-state index in [4.69, 9.17) is 23.2 Å². The molecule has 0 aliphatic heterocycles. The van der Waals surface area contributed by atoms with E-state index >= 15 is 0 Å². The second kappa shape index (κ2) is 7.62. The summed E-state index contributed by atoms with van der Waals surface area (Å²) in [5.74, 6) is -0.252. The molecule has 1 N–H and O–H groups in total. The molecule has 0 bridgehead atoms. The quantitative estimate of drug-likeness (QED) is 0.544. The van der Waals surface area contributed by atoms with Gasteiger partial charge in [-0.15, -0.1) is 0 Å². The molecule has 0 unspecified atom stereocenters. The van der Waals surface area contributed by atoms with Crippen LogP contribution in [0.5, 0.6) is 0 Å². The molecular formula is C18H13Cl2F3N4. The van der Waals surface area contributed by atoms with Gasteiger partial charge in [0, 0.05) is 34.7 Å². The second-order valence-electron chi connectivity index (χ2n) is 5.60. The van der Waals surface area contributed by atoms with Gasteiger partial charge in [-0.3, -0.25) is 0 Å². The predicted octanol–water partition coefficient (Wildman–Crippen LogP) is 6.31. The van der Waals surface area contributed by atoms with Crippen LogP contribution in [-0.2, 0) is 6.18 Å². The highest BCUT2D eigenvalue weighted by atomic mass is 35.5. The van der Waals surface area contributed by atoms with Gasteiger partial charge in [0.05, 0.1) is 0 Å². The first-order chi connectivity index (χ1) is 12.7. The van der Waals surface area contributed by atoms with E-state index in [9.17, 15) is 13.2 Å². The van der Waals surface area contributed by atoms with Crippen molar-refractivity contribution >= 4 is 46.3 Å². The number of halogens is 5. The smallest absolute Gasteiger partial charge is 0.340 e. The number of anilines is 4. The molecule has 3 aromatic rings. The molecule has 1 aromatic heterocycles. The molecule has 0 fully saturated rings. The zero-order valence-corrected chi connectivity index (χ0v) is 15.4. The molecular weight excluding hydrogens is 400 g/mol. The summed E-state index contributed by atoms with van der Waals surface area (Å²) >= 11 is 11.7. The van der Waals surface area contributed by atoms with Gasteiger partial charge < -0.3 is 10.2 Å². The van der Waals surface area contributed by atoms with E-state index in [2.05, 4.69) is 15.3 Å². The van der Waals surface area contributed by atoms with E-state index in [0.717, 1.165) is 6.20 Å². The molecule has 0 aliphatic rings. The average molecular weight is 413 g/mol. The maximum atomic E-state index is 13.3. The number of nitrogens with one attached hydrogen (secondary N) is 1. The summed E-state index contributed by atoms with van der Waals surface area (Å²) in [6.45, 7) is 0. The fourth-order valence-corrected chi connectivity index (χ4v) is 2.54. The van der Waals surface area contributed by atoms with E-state index in [-0.39, 0.29) is 11.8 Å². The molecule has 0 amide bonds. The van der Waals surface area contributed by atoms with Crippen LogP contribution in [0.3, 0.4) is 0 Å². The highest BCUT2D eigenvalue weighted by Crippen LogP contribution is 2.36. The maximum Gasteiger partial charge on any atom is 0.421 e. The van der Waals surface area contributed by atoms with Crippen molar-refractivity contribution in [3.8, 4) is 0 Å². The Balaban J connectivity index is 1.99. The van der Waals surface area contributed by atoms with Gasteiger partial charge >= 0.3 is 6.18 Å². The number of aromatic nitrogens is 2. The Kier molecular flexibility index (Phi) is 5.43. The van der Waals surface area contributed by atoms with Crippen LogP contribution in [0, 0.1) is 0 Å². The van der Waals surface area contributed by atoms with Crippen LogP contribution in [0.15, 0.2) is 54.7 Å². The molecule has 140 valence electrons. The van der Waals surface area contributed by atoms with Gasteiger partial charge in [-0.25, -0.2) is 4.98 Å². The van der Waals surface area contributed by atoms with Gasteiger partial charge in [-0.05, 0) is 48.5 Å². The summed E-state index contributed by atoms with van der Waals surface area (Å²) in [4.78, 5) is 9.49. The summed E-state index contributed by atoms with van der Waals surface area (Å²) in [7, 11) is 1.65. The lowest BCUT2D eigenvalue weighted by atomic mass is 10.2. The molecule has 4 nitrogen and oxygen atoms in total. The molecule has 0 aliphatic carbocycles. The topological polar surface area (TPSA) is 41.1 Å². The van der Waals surface area contributed by atoms with E-state index in [1.54, 1.807) is 60.5 Å². The Morgan fingerprint density at radius 3 is 2.04 bits per heavy atom. The lowest BCUT2D eigenvalue weighted by Crippen LogP contribution is -2.17. The Morgan fingerprint density at radius 1 is 0.926 bits per heavy atom. The Labute approximate surface area is 163 Å². The number of benzene rings is 2. The van der Waals surface area contributed by atoms with Crippen LogP contribution in [-0.4, -0.2) is 17.0 Å². The molecule has 0 saturated carbocycles. The summed E-state index contributed by atoms with van der Waals surface area (Å²) in [6.07, 6.45) is -3.85. The van der Waals surface area contributed by atoms with Gasteiger partial charge in [0.2, 0.25) is 5.95 Å². The first-order valence-corrected chi connectivity index (χ1v) is 8.46. The molecule has 1 heterocycles. The minimum atomic E-state index is -4.61. The zero-order chi connectivity index (χ0) is 19.6. The van der Waals surface area contributed by atoms with Crippen molar-refractivity contribution in [2.75, 3.05) is 17.3 Å². The van der Waals surface area contributed by atoms with E-state index < -0.39 is 11.7 Å². The van der Waals surface area contributed by atoms with Gasteiger partial charge in [0.15, 0.2) is 0 Å². The van der Waals surface area contributed by atoms with Crippen LogP contribution in [0.1, 0.15) is 5.56 Å². The van der Waals surface area contributed by atoms with Gasteiger partial charge in [0.1, 0.15) is 11.4 Å². The first-order valence-electron chi connectivity index (χ1n) is 7.70. The predicted molar refractivity (Wildman–Crippen MR) is 101 cm³/mol. The summed E-state index contributed by atoms with van der Waals surface area (Å²) in [6, 6.07) is 13.0. The maximum absolute atomic E-state index is 13.3. The minimum absolute atomic E-state index is 0.0989. The van der Waals surface area contributed by atoms with Crippen LogP contribution >= 0.6 is 23.2 Å². The normalized spacial score (nSPS) is 11.3. The van der Waals surface area contributed by atoms with Crippen LogP contribution in [0.4, 0.5) is 36.3 Å². The van der Waals surface area contributed by atoms with Crippen LogP contribution in [0.2, 0.25) is 10.0 Å². The lowest BCUT2D eigenvalue weighted by molar-refractivity contribution is -0.137. The third kappa shape index (κ3) is 4.61. The lowest BCUT2D eigenvalue weighted by Gasteiger charge is -2.20. The van der Waals surface area contributed by atoms with Crippen molar-refractivity contribution in [3.05, 3.63) is 70.3 Å². The summed E-state index contributed by atoms with van der Waals surface area (Å²) in [5, 5.41) is 3.71. The molecule has 0 atom stereocenters. The molecule has 0 radical (unpaired) electrons. The Bertz CT molecular complexity index is 929. The number of rotatable bonds is 4. The van der Waals surface area contributed by atoms with Crippen molar-refractivity contribution in [2.24, 2.45) is 0 Å². The van der Waals surface area contributed by atoms with Crippen molar-refractivity contribution in [1.29, 1.82) is 0 Å². The van der Waals surface area contributed by atoms with E-state index in [1.165, 1.54) is 0 Å². The van der Waals surface area contributed by atoms with Crippen molar-refractivity contribution < 1.29 is 13.2 Å². The molecule has 27 heavy (non-hydrogen) atoms. The second-order valence-corrected chi connectivity index (χ2v) is 6.47. The average Bonchev–Trinajstić information content (AvgIpc) is 2.63. The van der Waals surface area contributed by atoms with Gasteiger partial charge in [-0.2, -0.15) is 18.2 Å². The minimum Gasteiger partial charge on any atom is -0.340 e. The van der Waals surface area contributed by atoms with Gasteiger partial charge in [0.25, 0.3) is 0 Å². The number of nitrogens with zero attached hydrogens (tertiary/aromatic N) is 3. The van der Waals surface area contributed by atoms with Crippen LogP contribution < -0.4 is 10.2 Å². The van der Waals surface area contributed by atoms with Crippen molar-refractivity contribution in [1.82, 2.24) is 9.97 Å². The highest BCUT2D eigenvalue weighted by Gasteiger charge is 2.35. The van der Waals surface area contributed by atoms with Crippen molar-refractivity contribution in [3.63, 3.8) is 0 Å². The fourth-order valence-electron chi connectivity index (χ4n) is 2.29. The fraction of sp³-hybridized carbons (Fsp3) is 0.111. The summed E-state index contributed by atoms with van der Waals surface area (Å²) < 4.78 is 40.0. The summed E-state index contributed by atoms with van der Waals surface area (Å²) in [5.41, 5.74) is 0.131. The molecule has 0 saturated heterocycles. The first kappa shape index (κ1) is 19.3. The zero-order valence-electron chi connectivity index (χ0n) is 13.9. The molecule has 3 rings (SSSR count). The molecule has 2 aromatic carbocycles. The third-order valence-corrected chi connectivity index (χ3v) is 4.21. The standard InChI is InChI=1S/C18H13Cl2F3N4/c1-27(14-8-4-12(20)5-9-14)17-24-10-15(18(21,22)23)16(26-17)25-13-6-2-11(19)3-7-13/h2-10H,1H3,(H,24,25,26). The Morgan fingerprint density at radius 2 is 1.48 bits per heavy atom. The van der Waals surface area contributed by atoms with Crippen LogP contribution in [0.25, 0.3) is 0 Å². The number of alkyl halides is 3. The highest BCUT2D eigenvalue weighted by molar-refractivity contribution is 6.30. The monoisotopic (exact) mass is 412 g/mol. The van der Waals surface area contributed by atoms with Gasteiger partial charge in [-0.1, -0.05) is 23.2 Å². The number of hydrogen-bond acceptors (Lipinski definition) is 4. The van der Waals surface area contributed by atoms with E-state index in [1.807, 2.05) is 0 Å². The molecule has 9 heteroatoms. The largest absolute Gasteiger partial charge is 0.421 e. The number of hydrogen-bond donors (Lipinski definition) is 1. The SMILES string of the molecule is CN(c1ccc(Cl)cc1)c1ncc(C(F)(F)F)c(Nc2ccc(Cl)cc2)n1. The molecule has 0 spiro atoms. The van der Waals surface area contributed by atoms with Crippen molar-refractivity contribution in [2.45, 2.75) is 6.18 Å². The Hall–Kier alpha value is -2.51. The third-order valence-electron chi connectivity index (χ3n) is 3.70. The van der Waals surface area contributed by atoms with E-state index in [0.29, 0.717) is 21.4 Å².